The lowest BCUT2D eigenvalue weighted by atomic mass is 10.1. The predicted molar refractivity (Wildman–Crippen MR) is 122 cm³/mol. The first-order valence-electron chi connectivity index (χ1n) is 11.7. The number of hydrogen-bond acceptors (Lipinski definition) is 4. The number of amides is 1. The van der Waals surface area contributed by atoms with Crippen LogP contribution in [0.3, 0.4) is 0 Å². The van der Waals surface area contributed by atoms with Crippen LogP contribution in [0.2, 0.25) is 0 Å². The summed E-state index contributed by atoms with van der Waals surface area (Å²) < 4.78 is 7.47. The number of piperazine rings is 1. The van der Waals surface area contributed by atoms with Gasteiger partial charge in [-0.2, -0.15) is 5.10 Å². The largest absolute Gasteiger partial charge is 0.493 e. The second-order valence-corrected chi connectivity index (χ2v) is 9.08. The number of nitrogens with zero attached hydrogens (tertiary/aromatic N) is 4. The summed E-state index contributed by atoms with van der Waals surface area (Å²) in [6, 6.07) is 18.6. The molecule has 1 saturated heterocycles. The molecule has 3 aromatic rings. The van der Waals surface area contributed by atoms with Gasteiger partial charge in [0.2, 0.25) is 0 Å². The average molecular weight is 429 g/mol. The Kier molecular flexibility index (Phi) is 4.95. The lowest BCUT2D eigenvalue weighted by Crippen LogP contribution is -2.48. The summed E-state index contributed by atoms with van der Waals surface area (Å²) in [7, 11) is 0. The van der Waals surface area contributed by atoms with E-state index in [2.05, 4.69) is 23.1 Å². The molecular formula is C26H28N4O2. The topological polar surface area (TPSA) is 50.6 Å². The van der Waals surface area contributed by atoms with Gasteiger partial charge in [0.15, 0.2) is 0 Å². The van der Waals surface area contributed by atoms with E-state index >= 15 is 0 Å². The molecule has 0 radical (unpaired) electrons. The minimum absolute atomic E-state index is 0.0857. The van der Waals surface area contributed by atoms with Gasteiger partial charge in [-0.05, 0) is 48.2 Å². The zero-order valence-corrected chi connectivity index (χ0v) is 18.2. The molecule has 1 amide bonds. The molecule has 0 bridgehead atoms. The highest BCUT2D eigenvalue weighted by Gasteiger charge is 2.31. The van der Waals surface area contributed by atoms with Crippen molar-refractivity contribution in [3.8, 4) is 11.4 Å². The van der Waals surface area contributed by atoms with Crippen LogP contribution in [0.25, 0.3) is 5.69 Å². The van der Waals surface area contributed by atoms with Crippen LogP contribution in [0.15, 0.2) is 54.6 Å². The van der Waals surface area contributed by atoms with Gasteiger partial charge in [-0.15, -0.1) is 0 Å². The van der Waals surface area contributed by atoms with Crippen LogP contribution in [0.5, 0.6) is 5.75 Å². The monoisotopic (exact) mass is 428 g/mol. The molecule has 6 rings (SSSR count). The summed E-state index contributed by atoms with van der Waals surface area (Å²) in [4.78, 5) is 17.9. The summed E-state index contributed by atoms with van der Waals surface area (Å²) in [5.74, 6) is 1.63. The van der Waals surface area contributed by atoms with E-state index in [0.29, 0.717) is 11.6 Å². The number of para-hydroxylation sites is 1. The van der Waals surface area contributed by atoms with Gasteiger partial charge < -0.3 is 9.64 Å². The lowest BCUT2D eigenvalue weighted by molar-refractivity contribution is 0.0619. The van der Waals surface area contributed by atoms with Crippen molar-refractivity contribution in [2.75, 3.05) is 32.8 Å². The van der Waals surface area contributed by atoms with Crippen molar-refractivity contribution in [2.45, 2.75) is 31.7 Å². The second kappa shape index (κ2) is 8.10. The molecule has 0 atom stereocenters. The molecule has 1 aliphatic carbocycles. The quantitative estimate of drug-likeness (QED) is 0.623. The number of benzene rings is 2. The fourth-order valence-electron chi connectivity index (χ4n) is 4.76. The number of carbonyl (C=O) groups excluding carboxylic acids is 1. The number of carbonyl (C=O) groups is 1. The third kappa shape index (κ3) is 3.79. The molecule has 6 heteroatoms. The molecule has 6 nitrogen and oxygen atoms in total. The second-order valence-electron chi connectivity index (χ2n) is 9.08. The van der Waals surface area contributed by atoms with Gasteiger partial charge in [-0.25, -0.2) is 4.68 Å². The van der Waals surface area contributed by atoms with Crippen LogP contribution in [0.4, 0.5) is 0 Å². The van der Waals surface area contributed by atoms with Gasteiger partial charge in [-0.3, -0.25) is 9.69 Å². The van der Waals surface area contributed by atoms with Gasteiger partial charge >= 0.3 is 0 Å². The molecular weight excluding hydrogens is 400 g/mol. The van der Waals surface area contributed by atoms with E-state index in [1.54, 1.807) is 0 Å². The lowest BCUT2D eigenvalue weighted by Gasteiger charge is -2.34. The van der Waals surface area contributed by atoms with E-state index in [0.717, 1.165) is 62.9 Å². The SMILES string of the molecule is O=C(c1cc(C2CC2)nn1-c1ccccc1)N1CCN(Cc2ccc3c(c2)CCO3)CC1. The van der Waals surface area contributed by atoms with E-state index in [9.17, 15) is 4.79 Å². The number of rotatable bonds is 5. The molecule has 2 fully saturated rings. The maximum absolute atomic E-state index is 13.5. The Labute approximate surface area is 188 Å². The molecule has 1 aromatic heterocycles. The standard InChI is InChI=1S/C26H28N4O2/c31-26(24-17-23(20-7-8-20)27-30(24)22-4-2-1-3-5-22)29-13-11-28(12-14-29)18-19-6-9-25-21(16-19)10-15-32-25/h1-6,9,16-17,20H,7-8,10-15,18H2. The maximum atomic E-state index is 13.5. The van der Waals surface area contributed by atoms with E-state index < -0.39 is 0 Å². The Morgan fingerprint density at radius 2 is 1.81 bits per heavy atom. The van der Waals surface area contributed by atoms with Crippen LogP contribution in [0, 0.1) is 0 Å². The molecule has 0 N–H and O–H groups in total. The molecule has 1 saturated carbocycles. The van der Waals surface area contributed by atoms with E-state index in [1.807, 2.05) is 46.0 Å². The molecule has 3 aliphatic rings. The highest BCUT2D eigenvalue weighted by molar-refractivity contribution is 5.93. The van der Waals surface area contributed by atoms with Crippen molar-refractivity contribution in [3.63, 3.8) is 0 Å². The smallest absolute Gasteiger partial charge is 0.272 e. The zero-order valence-electron chi connectivity index (χ0n) is 18.2. The Morgan fingerprint density at radius 1 is 1.00 bits per heavy atom. The highest BCUT2D eigenvalue weighted by Crippen LogP contribution is 2.40. The zero-order chi connectivity index (χ0) is 21.5. The number of fused-ring (bicyclic) bond motifs is 1. The minimum Gasteiger partial charge on any atom is -0.493 e. The van der Waals surface area contributed by atoms with E-state index in [1.165, 1.54) is 24.0 Å². The fourth-order valence-corrected chi connectivity index (χ4v) is 4.76. The molecule has 3 heterocycles. The Balaban J connectivity index is 1.15. The van der Waals surface area contributed by atoms with Crippen LogP contribution < -0.4 is 4.74 Å². The van der Waals surface area contributed by atoms with Crippen molar-refractivity contribution < 1.29 is 9.53 Å². The maximum Gasteiger partial charge on any atom is 0.272 e. The van der Waals surface area contributed by atoms with Crippen molar-refractivity contribution in [1.29, 1.82) is 0 Å². The van der Waals surface area contributed by atoms with Crippen LogP contribution in [0.1, 0.15) is 46.1 Å². The van der Waals surface area contributed by atoms with Gasteiger partial charge in [0.25, 0.3) is 5.91 Å². The third-order valence-electron chi connectivity index (χ3n) is 6.76. The third-order valence-corrected chi connectivity index (χ3v) is 6.76. The molecule has 0 spiro atoms. The van der Waals surface area contributed by atoms with Gasteiger partial charge in [0.05, 0.1) is 18.0 Å². The Morgan fingerprint density at radius 3 is 2.59 bits per heavy atom. The normalized spacial score (nSPS) is 18.4. The number of hydrogen-bond donors (Lipinski definition) is 0. The molecule has 2 aromatic carbocycles. The van der Waals surface area contributed by atoms with Gasteiger partial charge in [-0.1, -0.05) is 30.3 Å². The minimum atomic E-state index is 0.0857. The summed E-state index contributed by atoms with van der Waals surface area (Å²) in [5, 5.41) is 4.81. The summed E-state index contributed by atoms with van der Waals surface area (Å²) >= 11 is 0. The first kappa shape index (κ1) is 19.6. The Hall–Kier alpha value is -3.12. The van der Waals surface area contributed by atoms with Crippen LogP contribution in [-0.4, -0.2) is 58.3 Å². The predicted octanol–water partition coefficient (Wildman–Crippen LogP) is 3.64. The van der Waals surface area contributed by atoms with Gasteiger partial charge in [0.1, 0.15) is 11.4 Å². The molecule has 32 heavy (non-hydrogen) atoms. The molecule has 2 aliphatic heterocycles. The fraction of sp³-hybridized carbons (Fsp3) is 0.385. The summed E-state index contributed by atoms with van der Waals surface area (Å²) in [6.45, 7) is 4.96. The first-order chi connectivity index (χ1) is 15.7. The average Bonchev–Trinajstić information content (AvgIpc) is 3.41. The summed E-state index contributed by atoms with van der Waals surface area (Å²) in [5.41, 5.74) is 5.32. The highest BCUT2D eigenvalue weighted by atomic mass is 16.5. The first-order valence-corrected chi connectivity index (χ1v) is 11.7. The van der Waals surface area contributed by atoms with Gasteiger partial charge in [0, 0.05) is 45.1 Å². The summed E-state index contributed by atoms with van der Waals surface area (Å²) in [6.07, 6.45) is 3.35. The van der Waals surface area contributed by atoms with Crippen molar-refractivity contribution in [1.82, 2.24) is 19.6 Å². The molecule has 0 unspecified atom stereocenters. The van der Waals surface area contributed by atoms with E-state index in [-0.39, 0.29) is 5.91 Å². The van der Waals surface area contributed by atoms with Crippen LogP contribution >= 0.6 is 0 Å². The number of ether oxygens (including phenoxy) is 1. The van der Waals surface area contributed by atoms with Crippen molar-refractivity contribution in [2.24, 2.45) is 0 Å². The molecule has 164 valence electrons. The Bertz CT molecular complexity index is 1130. The van der Waals surface area contributed by atoms with Crippen LogP contribution in [-0.2, 0) is 13.0 Å². The van der Waals surface area contributed by atoms with E-state index in [4.69, 9.17) is 9.84 Å². The van der Waals surface area contributed by atoms with Crippen molar-refractivity contribution >= 4 is 5.91 Å². The number of aromatic nitrogens is 2. The van der Waals surface area contributed by atoms with Crippen molar-refractivity contribution in [3.05, 3.63) is 77.1 Å².